The maximum absolute atomic E-state index is 12.3. The van der Waals surface area contributed by atoms with Crippen molar-refractivity contribution in [1.82, 2.24) is 10.6 Å². The number of rotatable bonds is 2. The third-order valence-electron chi connectivity index (χ3n) is 3.49. The summed E-state index contributed by atoms with van der Waals surface area (Å²) >= 11 is 0. The molecule has 21 heavy (non-hydrogen) atoms. The summed E-state index contributed by atoms with van der Waals surface area (Å²) in [5, 5.41) is 5.54. The summed E-state index contributed by atoms with van der Waals surface area (Å²) in [6.07, 6.45) is 1.54. The highest BCUT2D eigenvalue weighted by molar-refractivity contribution is 5.99. The van der Waals surface area contributed by atoms with E-state index in [1.54, 1.807) is 12.1 Å². The van der Waals surface area contributed by atoms with E-state index in [-0.39, 0.29) is 18.4 Å². The standard InChI is InChI=1S/C16H19N3O2/c1-11-12(6-3-9-17)5-2-7-13(11)15(20)19-14-8-4-10-18-16(14)21/h2,5,7,14H,4,8-10,17H2,1H3,(H,18,21)(H,19,20). The van der Waals surface area contributed by atoms with Crippen LogP contribution in [0.5, 0.6) is 0 Å². The summed E-state index contributed by atoms with van der Waals surface area (Å²) in [4.78, 5) is 24.0. The van der Waals surface area contributed by atoms with Crippen LogP contribution in [0.2, 0.25) is 0 Å². The number of carbonyl (C=O) groups is 2. The Labute approximate surface area is 124 Å². The van der Waals surface area contributed by atoms with Gasteiger partial charge in [0.1, 0.15) is 6.04 Å². The smallest absolute Gasteiger partial charge is 0.252 e. The fourth-order valence-electron chi connectivity index (χ4n) is 2.31. The molecule has 1 aliphatic heterocycles. The molecule has 1 fully saturated rings. The Bertz CT molecular complexity index is 614. The van der Waals surface area contributed by atoms with Crippen molar-refractivity contribution >= 4 is 11.8 Å². The molecule has 2 amide bonds. The zero-order valence-electron chi connectivity index (χ0n) is 12.0. The SMILES string of the molecule is Cc1c(C#CCN)cccc1C(=O)NC1CCCNC1=O. The number of nitrogens with one attached hydrogen (secondary N) is 2. The van der Waals surface area contributed by atoms with Gasteiger partial charge in [-0.2, -0.15) is 0 Å². The third-order valence-corrected chi connectivity index (χ3v) is 3.49. The zero-order chi connectivity index (χ0) is 15.2. The Kier molecular flexibility index (Phi) is 4.96. The van der Waals surface area contributed by atoms with Gasteiger partial charge in [-0.1, -0.05) is 17.9 Å². The minimum absolute atomic E-state index is 0.119. The molecule has 0 spiro atoms. The van der Waals surface area contributed by atoms with Crippen LogP contribution in [0.1, 0.15) is 34.3 Å². The molecule has 110 valence electrons. The number of piperidine rings is 1. The van der Waals surface area contributed by atoms with Crippen LogP contribution in [0, 0.1) is 18.8 Å². The van der Waals surface area contributed by atoms with Crippen LogP contribution >= 0.6 is 0 Å². The molecule has 1 atom stereocenters. The normalized spacial score (nSPS) is 17.4. The number of hydrogen-bond acceptors (Lipinski definition) is 3. The van der Waals surface area contributed by atoms with Crippen LogP contribution < -0.4 is 16.4 Å². The second-order valence-corrected chi connectivity index (χ2v) is 4.94. The van der Waals surface area contributed by atoms with Gasteiger partial charge in [0.05, 0.1) is 6.54 Å². The molecule has 0 aliphatic carbocycles. The van der Waals surface area contributed by atoms with Gasteiger partial charge in [0.2, 0.25) is 5.91 Å². The van der Waals surface area contributed by atoms with Gasteiger partial charge in [-0.15, -0.1) is 0 Å². The van der Waals surface area contributed by atoms with E-state index in [0.717, 1.165) is 17.5 Å². The molecule has 1 unspecified atom stereocenters. The van der Waals surface area contributed by atoms with Crippen LogP contribution in [-0.2, 0) is 4.79 Å². The van der Waals surface area contributed by atoms with Crippen molar-refractivity contribution in [2.45, 2.75) is 25.8 Å². The topological polar surface area (TPSA) is 84.2 Å². The molecular formula is C16H19N3O2. The third kappa shape index (κ3) is 3.61. The first-order chi connectivity index (χ1) is 10.1. The van der Waals surface area contributed by atoms with Gasteiger partial charge in [-0.3, -0.25) is 9.59 Å². The van der Waals surface area contributed by atoms with Gasteiger partial charge in [0.25, 0.3) is 5.91 Å². The molecule has 4 N–H and O–H groups in total. The maximum atomic E-state index is 12.3. The highest BCUT2D eigenvalue weighted by atomic mass is 16.2. The van der Waals surface area contributed by atoms with Crippen LogP contribution in [0.4, 0.5) is 0 Å². The quantitative estimate of drug-likeness (QED) is 0.684. The number of carbonyl (C=O) groups excluding carboxylic acids is 2. The summed E-state index contributed by atoms with van der Waals surface area (Å²) in [7, 11) is 0. The fourth-order valence-corrected chi connectivity index (χ4v) is 2.31. The molecule has 0 radical (unpaired) electrons. The van der Waals surface area contributed by atoms with Crippen LogP contribution in [0.25, 0.3) is 0 Å². The van der Waals surface area contributed by atoms with Crippen molar-refractivity contribution in [2.24, 2.45) is 5.73 Å². The second kappa shape index (κ2) is 6.91. The van der Waals surface area contributed by atoms with Crippen molar-refractivity contribution in [3.05, 3.63) is 34.9 Å². The van der Waals surface area contributed by atoms with Gasteiger partial charge in [0, 0.05) is 17.7 Å². The molecule has 0 saturated carbocycles. The van der Waals surface area contributed by atoms with E-state index in [9.17, 15) is 9.59 Å². The van der Waals surface area contributed by atoms with Crippen molar-refractivity contribution in [1.29, 1.82) is 0 Å². The second-order valence-electron chi connectivity index (χ2n) is 4.94. The van der Waals surface area contributed by atoms with E-state index in [1.165, 1.54) is 0 Å². The lowest BCUT2D eigenvalue weighted by atomic mass is 10.0. The largest absolute Gasteiger partial charge is 0.354 e. The average molecular weight is 285 g/mol. The highest BCUT2D eigenvalue weighted by Crippen LogP contribution is 2.14. The molecule has 5 heteroatoms. The monoisotopic (exact) mass is 285 g/mol. The van der Waals surface area contributed by atoms with E-state index in [4.69, 9.17) is 5.73 Å². The van der Waals surface area contributed by atoms with E-state index >= 15 is 0 Å². The number of amides is 2. The minimum atomic E-state index is -0.454. The molecule has 0 bridgehead atoms. The van der Waals surface area contributed by atoms with Gasteiger partial charge in [-0.05, 0) is 37.5 Å². The molecular weight excluding hydrogens is 266 g/mol. The van der Waals surface area contributed by atoms with Crippen molar-refractivity contribution in [3.8, 4) is 11.8 Å². The summed E-state index contributed by atoms with van der Waals surface area (Å²) < 4.78 is 0. The minimum Gasteiger partial charge on any atom is -0.354 e. The molecule has 2 rings (SSSR count). The first-order valence-corrected chi connectivity index (χ1v) is 7.00. The summed E-state index contributed by atoms with van der Waals surface area (Å²) in [5.41, 5.74) is 7.48. The molecule has 1 aromatic rings. The van der Waals surface area contributed by atoms with Gasteiger partial charge in [0.15, 0.2) is 0 Å². The van der Waals surface area contributed by atoms with Crippen LogP contribution in [0.3, 0.4) is 0 Å². The Morgan fingerprint density at radius 1 is 1.52 bits per heavy atom. The van der Waals surface area contributed by atoms with E-state index in [1.807, 2.05) is 13.0 Å². The highest BCUT2D eigenvalue weighted by Gasteiger charge is 2.24. The maximum Gasteiger partial charge on any atom is 0.252 e. The lowest BCUT2D eigenvalue weighted by molar-refractivity contribution is -0.124. The summed E-state index contributed by atoms with van der Waals surface area (Å²) in [5.74, 6) is 5.36. The molecule has 5 nitrogen and oxygen atoms in total. The Balaban J connectivity index is 2.17. The average Bonchev–Trinajstić information content (AvgIpc) is 2.48. The molecule has 1 saturated heterocycles. The number of nitrogens with two attached hydrogens (primary N) is 1. The predicted octanol–water partition coefficient (Wildman–Crippen LogP) is 0.314. The lowest BCUT2D eigenvalue weighted by Gasteiger charge is -2.23. The van der Waals surface area contributed by atoms with E-state index in [0.29, 0.717) is 18.5 Å². The molecule has 1 aromatic carbocycles. The number of benzene rings is 1. The molecule has 1 heterocycles. The zero-order valence-corrected chi connectivity index (χ0v) is 12.0. The Hall–Kier alpha value is -2.32. The van der Waals surface area contributed by atoms with Crippen molar-refractivity contribution < 1.29 is 9.59 Å². The Morgan fingerprint density at radius 2 is 2.33 bits per heavy atom. The lowest BCUT2D eigenvalue weighted by Crippen LogP contribution is -2.50. The fraction of sp³-hybridized carbons (Fsp3) is 0.375. The van der Waals surface area contributed by atoms with Crippen molar-refractivity contribution in [3.63, 3.8) is 0 Å². The number of hydrogen-bond donors (Lipinski definition) is 3. The van der Waals surface area contributed by atoms with Crippen LogP contribution in [-0.4, -0.2) is 30.9 Å². The summed E-state index contributed by atoms with van der Waals surface area (Å²) in [6.45, 7) is 2.79. The Morgan fingerprint density at radius 3 is 3.05 bits per heavy atom. The van der Waals surface area contributed by atoms with Gasteiger partial charge < -0.3 is 16.4 Å². The van der Waals surface area contributed by atoms with Crippen LogP contribution in [0.15, 0.2) is 18.2 Å². The van der Waals surface area contributed by atoms with Gasteiger partial charge in [-0.25, -0.2) is 0 Å². The van der Waals surface area contributed by atoms with Crippen molar-refractivity contribution in [2.75, 3.05) is 13.1 Å². The summed E-state index contributed by atoms with van der Waals surface area (Å²) in [6, 6.07) is 4.91. The first-order valence-electron chi connectivity index (χ1n) is 7.00. The first kappa shape index (κ1) is 15.1. The van der Waals surface area contributed by atoms with E-state index < -0.39 is 6.04 Å². The molecule has 0 aromatic heterocycles. The predicted molar refractivity (Wildman–Crippen MR) is 80.6 cm³/mol. The van der Waals surface area contributed by atoms with Gasteiger partial charge >= 0.3 is 0 Å². The molecule has 1 aliphatic rings. The van der Waals surface area contributed by atoms with E-state index in [2.05, 4.69) is 22.5 Å².